The van der Waals surface area contributed by atoms with Crippen LogP contribution in [-0.4, -0.2) is 56.4 Å². The van der Waals surface area contributed by atoms with Crippen LogP contribution in [-0.2, 0) is 4.74 Å². The van der Waals surface area contributed by atoms with Crippen molar-refractivity contribution in [3.63, 3.8) is 0 Å². The van der Waals surface area contributed by atoms with E-state index < -0.39 is 4.92 Å². The first-order valence-corrected chi connectivity index (χ1v) is 6.96. The Labute approximate surface area is 123 Å². The van der Waals surface area contributed by atoms with Gasteiger partial charge in [-0.05, 0) is 12.5 Å². The number of ether oxygens (including phenoxy) is 3. The Bertz CT molecular complexity index is 474. The molecule has 1 aliphatic heterocycles. The summed E-state index contributed by atoms with van der Waals surface area (Å²) in [4.78, 5) is 12.6. The summed E-state index contributed by atoms with van der Waals surface area (Å²) < 4.78 is 16.1. The van der Waals surface area contributed by atoms with E-state index in [0.29, 0.717) is 18.1 Å². The van der Waals surface area contributed by atoms with Crippen LogP contribution in [0.3, 0.4) is 0 Å². The van der Waals surface area contributed by atoms with E-state index in [0.717, 1.165) is 39.3 Å². The summed E-state index contributed by atoms with van der Waals surface area (Å²) in [5.74, 6) is 0.917. The van der Waals surface area contributed by atoms with Crippen molar-refractivity contribution in [1.82, 2.24) is 4.90 Å². The number of nitro benzene ring substituents is 1. The zero-order valence-corrected chi connectivity index (χ0v) is 12.1. The average Bonchev–Trinajstić information content (AvgIpc) is 2.52. The molecule has 21 heavy (non-hydrogen) atoms. The summed E-state index contributed by atoms with van der Waals surface area (Å²) in [6.45, 7) is 5.00. The van der Waals surface area contributed by atoms with E-state index in [1.54, 1.807) is 6.07 Å². The van der Waals surface area contributed by atoms with Crippen molar-refractivity contribution in [2.75, 3.05) is 46.6 Å². The van der Waals surface area contributed by atoms with E-state index in [-0.39, 0.29) is 5.69 Å². The van der Waals surface area contributed by atoms with Crippen LogP contribution in [0.4, 0.5) is 5.69 Å². The third-order valence-electron chi connectivity index (χ3n) is 3.34. The molecule has 7 heteroatoms. The fourth-order valence-corrected chi connectivity index (χ4v) is 2.18. The Morgan fingerprint density at radius 1 is 1.33 bits per heavy atom. The molecule has 0 unspecified atom stereocenters. The fourth-order valence-electron chi connectivity index (χ4n) is 2.18. The van der Waals surface area contributed by atoms with Crippen LogP contribution in [0.15, 0.2) is 18.2 Å². The number of morpholine rings is 1. The van der Waals surface area contributed by atoms with Gasteiger partial charge in [-0.2, -0.15) is 0 Å². The van der Waals surface area contributed by atoms with Crippen LogP contribution in [0.1, 0.15) is 6.42 Å². The molecule has 0 saturated carbocycles. The molecule has 1 aliphatic rings. The summed E-state index contributed by atoms with van der Waals surface area (Å²) >= 11 is 0. The van der Waals surface area contributed by atoms with Gasteiger partial charge in [0.15, 0.2) is 11.5 Å². The Hall–Kier alpha value is -1.86. The van der Waals surface area contributed by atoms with E-state index in [2.05, 4.69) is 4.90 Å². The number of nitro groups is 1. The molecule has 1 heterocycles. The molecule has 0 aliphatic carbocycles. The van der Waals surface area contributed by atoms with Crippen molar-refractivity contribution in [2.24, 2.45) is 0 Å². The number of non-ortho nitro benzene ring substituents is 1. The maximum Gasteiger partial charge on any atom is 0.273 e. The molecule has 0 aromatic heterocycles. The highest BCUT2D eigenvalue weighted by atomic mass is 16.6. The van der Waals surface area contributed by atoms with Crippen LogP contribution < -0.4 is 9.47 Å². The van der Waals surface area contributed by atoms with Crippen LogP contribution in [0.2, 0.25) is 0 Å². The third-order valence-corrected chi connectivity index (χ3v) is 3.34. The second-order valence-electron chi connectivity index (χ2n) is 4.75. The maximum absolute atomic E-state index is 10.7. The van der Waals surface area contributed by atoms with E-state index in [1.165, 1.54) is 19.2 Å². The fraction of sp³-hybridized carbons (Fsp3) is 0.571. The maximum atomic E-state index is 10.7. The highest BCUT2D eigenvalue weighted by Crippen LogP contribution is 2.31. The van der Waals surface area contributed by atoms with Gasteiger partial charge < -0.3 is 14.2 Å². The second kappa shape index (κ2) is 7.80. The molecule has 1 aromatic rings. The first kappa shape index (κ1) is 15.5. The Morgan fingerprint density at radius 3 is 2.76 bits per heavy atom. The first-order valence-electron chi connectivity index (χ1n) is 6.96. The zero-order chi connectivity index (χ0) is 15.1. The molecular weight excluding hydrogens is 276 g/mol. The van der Waals surface area contributed by atoms with Gasteiger partial charge in [-0.1, -0.05) is 0 Å². The van der Waals surface area contributed by atoms with Crippen LogP contribution in [0, 0.1) is 10.1 Å². The SMILES string of the molecule is COc1cc([N+](=O)[O-])ccc1OCCCN1CCOCC1. The number of methoxy groups -OCH3 is 1. The summed E-state index contributed by atoms with van der Waals surface area (Å²) in [6, 6.07) is 4.36. The van der Waals surface area contributed by atoms with Crippen molar-refractivity contribution in [1.29, 1.82) is 0 Å². The van der Waals surface area contributed by atoms with Gasteiger partial charge in [0.05, 0.1) is 37.9 Å². The lowest BCUT2D eigenvalue weighted by atomic mass is 10.3. The van der Waals surface area contributed by atoms with Gasteiger partial charge in [0.1, 0.15) is 0 Å². The van der Waals surface area contributed by atoms with Crippen molar-refractivity contribution < 1.29 is 19.1 Å². The summed E-state index contributed by atoms with van der Waals surface area (Å²) in [7, 11) is 1.47. The summed E-state index contributed by atoms with van der Waals surface area (Å²) in [5.41, 5.74) is -0.00693. The molecule has 0 amide bonds. The largest absolute Gasteiger partial charge is 0.493 e. The quantitative estimate of drug-likeness (QED) is 0.433. The predicted octanol–water partition coefficient (Wildman–Crippen LogP) is 1.70. The minimum Gasteiger partial charge on any atom is -0.493 e. The van der Waals surface area contributed by atoms with E-state index in [9.17, 15) is 10.1 Å². The normalized spacial score (nSPS) is 15.7. The van der Waals surface area contributed by atoms with Gasteiger partial charge in [-0.15, -0.1) is 0 Å². The molecule has 0 bridgehead atoms. The van der Waals surface area contributed by atoms with Crippen LogP contribution in [0.25, 0.3) is 0 Å². The highest BCUT2D eigenvalue weighted by Gasteiger charge is 2.13. The molecule has 1 aromatic carbocycles. The lowest BCUT2D eigenvalue weighted by Gasteiger charge is -2.26. The Morgan fingerprint density at radius 2 is 2.10 bits per heavy atom. The highest BCUT2D eigenvalue weighted by molar-refractivity contribution is 5.48. The lowest BCUT2D eigenvalue weighted by Crippen LogP contribution is -2.37. The number of hydrogen-bond donors (Lipinski definition) is 0. The van der Waals surface area contributed by atoms with Gasteiger partial charge in [-0.25, -0.2) is 0 Å². The number of benzene rings is 1. The Kier molecular flexibility index (Phi) is 5.77. The molecule has 0 spiro atoms. The molecule has 7 nitrogen and oxygen atoms in total. The third kappa shape index (κ3) is 4.57. The molecule has 2 rings (SSSR count). The molecule has 1 fully saturated rings. The minimum absolute atomic E-state index is 0.00693. The van der Waals surface area contributed by atoms with Gasteiger partial charge in [0.2, 0.25) is 0 Å². The number of hydrogen-bond acceptors (Lipinski definition) is 6. The van der Waals surface area contributed by atoms with Crippen molar-refractivity contribution in [3.05, 3.63) is 28.3 Å². The van der Waals surface area contributed by atoms with Gasteiger partial charge in [0.25, 0.3) is 5.69 Å². The van der Waals surface area contributed by atoms with E-state index in [4.69, 9.17) is 14.2 Å². The molecule has 0 atom stereocenters. The molecular formula is C14H20N2O5. The zero-order valence-electron chi connectivity index (χ0n) is 12.1. The van der Waals surface area contributed by atoms with Gasteiger partial charge in [-0.3, -0.25) is 15.0 Å². The molecule has 0 N–H and O–H groups in total. The van der Waals surface area contributed by atoms with E-state index in [1.807, 2.05) is 0 Å². The molecule has 116 valence electrons. The molecule has 1 saturated heterocycles. The van der Waals surface area contributed by atoms with Crippen molar-refractivity contribution in [3.8, 4) is 11.5 Å². The number of nitrogens with zero attached hydrogens (tertiary/aromatic N) is 2. The monoisotopic (exact) mass is 296 g/mol. The van der Waals surface area contributed by atoms with Crippen LogP contribution >= 0.6 is 0 Å². The predicted molar refractivity (Wildman–Crippen MR) is 77.0 cm³/mol. The van der Waals surface area contributed by atoms with E-state index >= 15 is 0 Å². The number of rotatable bonds is 7. The van der Waals surface area contributed by atoms with Crippen molar-refractivity contribution >= 4 is 5.69 Å². The molecule has 0 radical (unpaired) electrons. The topological polar surface area (TPSA) is 74.1 Å². The minimum atomic E-state index is -0.454. The Balaban J connectivity index is 1.80. The smallest absolute Gasteiger partial charge is 0.273 e. The van der Waals surface area contributed by atoms with Gasteiger partial charge in [0, 0.05) is 25.7 Å². The first-order chi connectivity index (χ1) is 10.2. The average molecular weight is 296 g/mol. The summed E-state index contributed by atoms with van der Waals surface area (Å²) in [5, 5.41) is 10.7. The van der Waals surface area contributed by atoms with Gasteiger partial charge >= 0.3 is 0 Å². The summed E-state index contributed by atoms with van der Waals surface area (Å²) in [6.07, 6.45) is 0.889. The standard InChI is InChI=1S/C14H20N2O5/c1-19-14-11-12(16(17)18)3-4-13(14)21-8-2-5-15-6-9-20-10-7-15/h3-4,11H,2,5-10H2,1H3. The van der Waals surface area contributed by atoms with Crippen molar-refractivity contribution in [2.45, 2.75) is 6.42 Å². The second-order valence-corrected chi connectivity index (χ2v) is 4.75. The lowest BCUT2D eigenvalue weighted by molar-refractivity contribution is -0.384. The van der Waals surface area contributed by atoms with Crippen LogP contribution in [0.5, 0.6) is 11.5 Å².